The van der Waals surface area contributed by atoms with Gasteiger partial charge in [0.15, 0.2) is 0 Å². The Labute approximate surface area is 99.9 Å². The van der Waals surface area contributed by atoms with Gasteiger partial charge in [-0.15, -0.1) is 0 Å². The third-order valence-electron chi connectivity index (χ3n) is 1.98. The van der Waals surface area contributed by atoms with Crippen LogP contribution in [0.3, 0.4) is 0 Å². The van der Waals surface area contributed by atoms with Gasteiger partial charge in [0.2, 0.25) is 0 Å². The zero-order valence-electron chi connectivity index (χ0n) is 9.43. The molecule has 17 heavy (non-hydrogen) atoms. The van der Waals surface area contributed by atoms with Crippen molar-refractivity contribution in [2.24, 2.45) is 0 Å². The molecule has 0 amide bonds. The second kappa shape index (κ2) is 7.02. The lowest BCUT2D eigenvalue weighted by atomic mass is 10.2. The summed E-state index contributed by atoms with van der Waals surface area (Å²) in [6, 6.07) is 18.7. The van der Waals surface area contributed by atoms with E-state index >= 15 is 0 Å². The van der Waals surface area contributed by atoms with Crippen molar-refractivity contribution >= 4 is 0 Å². The minimum Gasteiger partial charge on any atom is -0.456 e. The summed E-state index contributed by atoms with van der Waals surface area (Å²) in [5.41, 5.74) is 0.543. The molecule has 2 nitrogen and oxygen atoms in total. The fourth-order valence-corrected chi connectivity index (χ4v) is 1.26. The lowest BCUT2D eigenvalue weighted by Gasteiger charge is -2.06. The van der Waals surface area contributed by atoms with Crippen LogP contribution in [-0.2, 0) is 0 Å². The van der Waals surface area contributed by atoms with Gasteiger partial charge in [0.05, 0.1) is 12.7 Å². The Balaban J connectivity index is 0.000000686. The molecule has 2 aromatic carbocycles. The summed E-state index contributed by atoms with van der Waals surface area (Å²) in [5.74, 6) is 1.33. The first-order valence-corrected chi connectivity index (χ1v) is 5.00. The molecule has 0 unspecified atom stereocenters. The smallest absolute Gasteiger partial charge is 0.145 e. The summed E-state index contributed by atoms with van der Waals surface area (Å²) in [7, 11) is 0.500. The van der Waals surface area contributed by atoms with Crippen LogP contribution in [0, 0.1) is 11.3 Å². The van der Waals surface area contributed by atoms with Crippen LogP contribution in [0.5, 0.6) is 11.5 Å². The van der Waals surface area contributed by atoms with E-state index in [-0.39, 0.29) is 0 Å². The highest BCUT2D eigenvalue weighted by Crippen LogP contribution is 2.23. The molecular formula is C14H12FNO. The van der Waals surface area contributed by atoms with Crippen molar-refractivity contribution in [2.75, 3.05) is 7.18 Å². The Morgan fingerprint density at radius 2 is 1.53 bits per heavy atom. The molecule has 0 aliphatic heterocycles. The van der Waals surface area contributed by atoms with Crippen molar-refractivity contribution in [3.05, 3.63) is 60.2 Å². The standard InChI is InChI=1S/C13H9NO.CH3F/c14-10-11-6-4-5-9-13(11)15-12-7-2-1-3-8-12;1-2/h1-9H;1H3. The molecule has 0 spiro atoms. The van der Waals surface area contributed by atoms with E-state index < -0.39 is 0 Å². The molecule has 0 fully saturated rings. The summed E-state index contributed by atoms with van der Waals surface area (Å²) in [6.07, 6.45) is 0. The van der Waals surface area contributed by atoms with Crippen molar-refractivity contribution in [3.63, 3.8) is 0 Å². The molecule has 0 saturated heterocycles. The van der Waals surface area contributed by atoms with Crippen LogP contribution in [-0.4, -0.2) is 7.18 Å². The number of hydrogen-bond donors (Lipinski definition) is 0. The monoisotopic (exact) mass is 229 g/mol. The van der Waals surface area contributed by atoms with Crippen LogP contribution in [0.1, 0.15) is 5.56 Å². The first-order valence-electron chi connectivity index (χ1n) is 5.00. The zero-order chi connectivity index (χ0) is 12.5. The van der Waals surface area contributed by atoms with Gasteiger partial charge < -0.3 is 4.74 Å². The van der Waals surface area contributed by atoms with Gasteiger partial charge in [-0.05, 0) is 24.3 Å². The largest absolute Gasteiger partial charge is 0.456 e. The van der Waals surface area contributed by atoms with Gasteiger partial charge in [0, 0.05) is 0 Å². The number of para-hydroxylation sites is 2. The molecule has 0 aromatic heterocycles. The van der Waals surface area contributed by atoms with Crippen LogP contribution in [0.25, 0.3) is 0 Å². The van der Waals surface area contributed by atoms with E-state index in [1.807, 2.05) is 42.5 Å². The Hall–Kier alpha value is -2.34. The molecule has 2 rings (SSSR count). The first kappa shape index (κ1) is 12.7. The Bertz CT molecular complexity index is 491. The maximum Gasteiger partial charge on any atom is 0.145 e. The number of hydrogen-bond acceptors (Lipinski definition) is 2. The van der Waals surface area contributed by atoms with Gasteiger partial charge in [0.25, 0.3) is 0 Å². The second-order valence-electron chi connectivity index (χ2n) is 3.02. The van der Waals surface area contributed by atoms with Gasteiger partial charge in [-0.2, -0.15) is 5.26 Å². The average molecular weight is 229 g/mol. The van der Waals surface area contributed by atoms with Crippen molar-refractivity contribution in [1.29, 1.82) is 5.26 Å². The van der Waals surface area contributed by atoms with Gasteiger partial charge in [-0.1, -0.05) is 30.3 Å². The molecule has 0 N–H and O–H groups in total. The van der Waals surface area contributed by atoms with Gasteiger partial charge >= 0.3 is 0 Å². The molecule has 0 atom stereocenters. The highest BCUT2D eigenvalue weighted by molar-refractivity contribution is 5.44. The molecule has 3 heteroatoms. The van der Waals surface area contributed by atoms with E-state index in [9.17, 15) is 4.39 Å². The minimum absolute atomic E-state index is 0.500. The number of benzene rings is 2. The molecule has 0 aliphatic carbocycles. The summed E-state index contributed by atoms with van der Waals surface area (Å²) >= 11 is 0. The van der Waals surface area contributed by atoms with E-state index in [2.05, 4.69) is 6.07 Å². The van der Waals surface area contributed by atoms with E-state index in [0.717, 1.165) is 5.75 Å². The summed E-state index contributed by atoms with van der Waals surface area (Å²) in [5, 5.41) is 8.87. The van der Waals surface area contributed by atoms with E-state index in [1.165, 1.54) is 0 Å². The maximum atomic E-state index is 9.50. The predicted octanol–water partition coefficient (Wildman–Crippen LogP) is 3.94. The second-order valence-corrected chi connectivity index (χ2v) is 3.02. The normalized spacial score (nSPS) is 8.53. The lowest BCUT2D eigenvalue weighted by Crippen LogP contribution is -1.86. The van der Waals surface area contributed by atoms with Crippen LogP contribution < -0.4 is 4.74 Å². The molecular weight excluding hydrogens is 217 g/mol. The van der Waals surface area contributed by atoms with E-state index in [4.69, 9.17) is 10.00 Å². The number of ether oxygens (including phenoxy) is 1. The third kappa shape index (κ3) is 3.62. The van der Waals surface area contributed by atoms with Crippen LogP contribution >= 0.6 is 0 Å². The summed E-state index contributed by atoms with van der Waals surface area (Å²) in [4.78, 5) is 0. The van der Waals surface area contributed by atoms with Crippen LogP contribution in [0.15, 0.2) is 54.6 Å². The Morgan fingerprint density at radius 3 is 2.18 bits per heavy atom. The third-order valence-corrected chi connectivity index (χ3v) is 1.98. The summed E-state index contributed by atoms with van der Waals surface area (Å²) < 4.78 is 15.1. The number of halogens is 1. The molecule has 0 bridgehead atoms. The Kier molecular flexibility index (Phi) is 5.26. The van der Waals surface area contributed by atoms with E-state index in [1.54, 1.807) is 12.1 Å². The van der Waals surface area contributed by atoms with Crippen molar-refractivity contribution < 1.29 is 9.13 Å². The zero-order valence-corrected chi connectivity index (χ0v) is 9.43. The minimum atomic E-state index is 0.500. The molecule has 86 valence electrons. The topological polar surface area (TPSA) is 33.0 Å². The highest BCUT2D eigenvalue weighted by Gasteiger charge is 2.01. The maximum absolute atomic E-state index is 9.50. The molecule has 0 aliphatic rings. The average Bonchev–Trinajstić information content (AvgIpc) is 2.43. The molecule has 2 aromatic rings. The predicted molar refractivity (Wildman–Crippen MR) is 64.7 cm³/mol. The first-order chi connectivity index (χ1) is 8.40. The quantitative estimate of drug-likeness (QED) is 0.781. The van der Waals surface area contributed by atoms with Gasteiger partial charge in [-0.3, -0.25) is 4.39 Å². The Morgan fingerprint density at radius 1 is 0.941 bits per heavy atom. The van der Waals surface area contributed by atoms with Crippen molar-refractivity contribution in [1.82, 2.24) is 0 Å². The molecule has 0 heterocycles. The lowest BCUT2D eigenvalue weighted by molar-refractivity contribution is 0.481. The van der Waals surface area contributed by atoms with Crippen molar-refractivity contribution in [2.45, 2.75) is 0 Å². The van der Waals surface area contributed by atoms with Crippen LogP contribution in [0.4, 0.5) is 4.39 Å². The number of rotatable bonds is 2. The summed E-state index contributed by atoms with van der Waals surface area (Å²) in [6.45, 7) is 0. The number of nitriles is 1. The highest BCUT2D eigenvalue weighted by atomic mass is 19.1. The van der Waals surface area contributed by atoms with Gasteiger partial charge in [0.1, 0.15) is 17.6 Å². The molecule has 0 saturated carbocycles. The van der Waals surface area contributed by atoms with Crippen LogP contribution in [0.2, 0.25) is 0 Å². The SMILES string of the molecule is CF.N#Cc1ccccc1Oc1ccccc1. The number of alkyl halides is 1. The number of nitrogens with zero attached hydrogens (tertiary/aromatic N) is 1. The van der Waals surface area contributed by atoms with Crippen molar-refractivity contribution in [3.8, 4) is 17.6 Å². The van der Waals surface area contributed by atoms with E-state index in [0.29, 0.717) is 18.5 Å². The fourth-order valence-electron chi connectivity index (χ4n) is 1.26. The fraction of sp³-hybridized carbons (Fsp3) is 0.0714. The van der Waals surface area contributed by atoms with Gasteiger partial charge in [-0.25, -0.2) is 0 Å². The molecule has 0 radical (unpaired) electrons.